The van der Waals surface area contributed by atoms with Gasteiger partial charge in [-0.25, -0.2) is 9.78 Å². The summed E-state index contributed by atoms with van der Waals surface area (Å²) in [7, 11) is 0. The Bertz CT molecular complexity index is 583. The van der Waals surface area contributed by atoms with Gasteiger partial charge in [-0.3, -0.25) is 0 Å². The van der Waals surface area contributed by atoms with Gasteiger partial charge in [0.1, 0.15) is 5.52 Å². The fraction of sp³-hybridized carbons (Fsp3) is 0.333. The summed E-state index contributed by atoms with van der Waals surface area (Å²) in [5.74, 6) is -0.373. The second-order valence-corrected chi connectivity index (χ2v) is 4.33. The SMILES string of the molecule is O=C(O)c1cccc2oc(C3CC(O)C3)nc12. The summed E-state index contributed by atoms with van der Waals surface area (Å²) in [6.07, 6.45) is 0.985. The predicted octanol–water partition coefficient (Wildman–Crippen LogP) is 1.76. The van der Waals surface area contributed by atoms with Crippen LogP contribution in [0.25, 0.3) is 11.1 Å². The number of aliphatic hydroxyl groups excluding tert-OH is 1. The molecule has 0 spiro atoms. The van der Waals surface area contributed by atoms with Crippen LogP contribution in [0.2, 0.25) is 0 Å². The van der Waals surface area contributed by atoms with E-state index in [0.29, 0.717) is 29.8 Å². The van der Waals surface area contributed by atoms with Gasteiger partial charge in [-0.2, -0.15) is 0 Å². The number of carbonyl (C=O) groups is 1. The van der Waals surface area contributed by atoms with Gasteiger partial charge < -0.3 is 14.6 Å². The first-order valence-corrected chi connectivity index (χ1v) is 5.46. The summed E-state index contributed by atoms with van der Waals surface area (Å²) in [6, 6.07) is 4.84. The van der Waals surface area contributed by atoms with Crippen LogP contribution < -0.4 is 0 Å². The Kier molecular flexibility index (Phi) is 2.16. The molecule has 0 bridgehead atoms. The summed E-state index contributed by atoms with van der Waals surface area (Å²) >= 11 is 0. The molecule has 88 valence electrons. The van der Waals surface area contributed by atoms with Crippen molar-refractivity contribution in [3.05, 3.63) is 29.7 Å². The van der Waals surface area contributed by atoms with E-state index in [4.69, 9.17) is 9.52 Å². The number of aliphatic hydroxyl groups is 1. The number of fused-ring (bicyclic) bond motifs is 1. The molecule has 17 heavy (non-hydrogen) atoms. The van der Waals surface area contributed by atoms with E-state index in [1.807, 2.05) is 0 Å². The molecule has 1 saturated carbocycles. The van der Waals surface area contributed by atoms with Gasteiger partial charge in [0, 0.05) is 5.92 Å². The Morgan fingerprint density at radius 3 is 2.82 bits per heavy atom. The minimum Gasteiger partial charge on any atom is -0.478 e. The smallest absolute Gasteiger partial charge is 0.338 e. The highest BCUT2D eigenvalue weighted by Crippen LogP contribution is 2.37. The van der Waals surface area contributed by atoms with Gasteiger partial charge in [0.2, 0.25) is 0 Å². The molecule has 5 heteroatoms. The zero-order valence-electron chi connectivity index (χ0n) is 8.96. The van der Waals surface area contributed by atoms with Crippen molar-refractivity contribution in [2.45, 2.75) is 24.9 Å². The number of para-hydroxylation sites is 1. The van der Waals surface area contributed by atoms with Gasteiger partial charge in [-0.05, 0) is 25.0 Å². The number of nitrogens with zero attached hydrogens (tertiary/aromatic N) is 1. The highest BCUT2D eigenvalue weighted by atomic mass is 16.4. The van der Waals surface area contributed by atoms with Crippen LogP contribution in [0, 0.1) is 0 Å². The fourth-order valence-electron chi connectivity index (χ4n) is 2.10. The van der Waals surface area contributed by atoms with Gasteiger partial charge in [-0.1, -0.05) is 6.07 Å². The molecule has 3 rings (SSSR count). The van der Waals surface area contributed by atoms with Crippen molar-refractivity contribution in [3.8, 4) is 0 Å². The Balaban J connectivity index is 2.06. The van der Waals surface area contributed by atoms with Crippen molar-refractivity contribution >= 4 is 17.1 Å². The summed E-state index contributed by atoms with van der Waals surface area (Å²) < 4.78 is 5.53. The molecule has 1 fully saturated rings. The minimum absolute atomic E-state index is 0.110. The number of rotatable bonds is 2. The quantitative estimate of drug-likeness (QED) is 0.825. The maximum Gasteiger partial charge on any atom is 0.338 e. The number of carboxylic acid groups (broad SMARTS) is 1. The lowest BCUT2D eigenvalue weighted by Crippen LogP contribution is -2.26. The molecule has 0 unspecified atom stereocenters. The summed E-state index contributed by atoms with van der Waals surface area (Å²) in [5.41, 5.74) is 1.02. The number of aromatic carboxylic acids is 1. The van der Waals surface area contributed by atoms with E-state index in [9.17, 15) is 9.90 Å². The first-order valence-electron chi connectivity index (χ1n) is 5.46. The number of aromatic nitrogens is 1. The van der Waals surface area contributed by atoms with Gasteiger partial charge in [0.25, 0.3) is 0 Å². The number of hydrogen-bond donors (Lipinski definition) is 2. The molecule has 0 radical (unpaired) electrons. The lowest BCUT2D eigenvalue weighted by molar-refractivity contribution is 0.0654. The highest BCUT2D eigenvalue weighted by Gasteiger charge is 2.32. The Hall–Kier alpha value is -1.88. The van der Waals surface area contributed by atoms with Crippen molar-refractivity contribution in [2.75, 3.05) is 0 Å². The van der Waals surface area contributed by atoms with Crippen LogP contribution >= 0.6 is 0 Å². The Labute approximate surface area is 96.7 Å². The van der Waals surface area contributed by atoms with E-state index in [0.717, 1.165) is 0 Å². The predicted molar refractivity (Wildman–Crippen MR) is 59.0 cm³/mol. The average Bonchev–Trinajstić information content (AvgIpc) is 2.66. The fourth-order valence-corrected chi connectivity index (χ4v) is 2.10. The summed E-state index contributed by atoms with van der Waals surface area (Å²) in [6.45, 7) is 0. The maximum absolute atomic E-state index is 11.0. The molecule has 0 aliphatic heterocycles. The average molecular weight is 233 g/mol. The molecule has 0 amide bonds. The van der Waals surface area contributed by atoms with Crippen LogP contribution in [-0.4, -0.2) is 27.3 Å². The van der Waals surface area contributed by atoms with Gasteiger partial charge >= 0.3 is 5.97 Å². The standard InChI is InChI=1S/C12H11NO4/c14-7-4-6(5-7)11-13-10-8(12(15)16)2-1-3-9(10)17-11/h1-3,6-7,14H,4-5H2,(H,15,16). The van der Waals surface area contributed by atoms with E-state index in [1.54, 1.807) is 12.1 Å². The molecule has 0 saturated heterocycles. The first kappa shape index (κ1) is 10.3. The maximum atomic E-state index is 11.0. The topological polar surface area (TPSA) is 83.6 Å². The molecular formula is C12H11NO4. The van der Waals surface area contributed by atoms with Gasteiger partial charge in [-0.15, -0.1) is 0 Å². The van der Waals surface area contributed by atoms with Crippen LogP contribution in [0.15, 0.2) is 22.6 Å². The molecule has 2 aromatic rings. The lowest BCUT2D eigenvalue weighted by Gasteiger charge is -2.28. The summed E-state index contributed by atoms with van der Waals surface area (Å²) in [5, 5.41) is 18.3. The largest absolute Gasteiger partial charge is 0.478 e. The van der Waals surface area contributed by atoms with Crippen LogP contribution in [0.5, 0.6) is 0 Å². The van der Waals surface area contributed by atoms with E-state index in [1.165, 1.54) is 6.07 Å². The molecule has 5 nitrogen and oxygen atoms in total. The van der Waals surface area contributed by atoms with Crippen molar-refractivity contribution in [2.24, 2.45) is 0 Å². The van der Waals surface area contributed by atoms with Crippen molar-refractivity contribution in [3.63, 3.8) is 0 Å². The van der Waals surface area contributed by atoms with Crippen molar-refractivity contribution in [1.82, 2.24) is 4.98 Å². The van der Waals surface area contributed by atoms with Crippen LogP contribution in [0.3, 0.4) is 0 Å². The van der Waals surface area contributed by atoms with Crippen LogP contribution in [0.1, 0.15) is 35.0 Å². The zero-order chi connectivity index (χ0) is 12.0. The molecule has 2 N–H and O–H groups in total. The number of carboxylic acids is 1. The van der Waals surface area contributed by atoms with Crippen LogP contribution in [0.4, 0.5) is 0 Å². The number of hydrogen-bond acceptors (Lipinski definition) is 4. The van der Waals surface area contributed by atoms with Gasteiger partial charge in [0.15, 0.2) is 11.5 Å². The molecule has 1 aliphatic carbocycles. The second-order valence-electron chi connectivity index (χ2n) is 4.33. The zero-order valence-corrected chi connectivity index (χ0v) is 8.96. The first-order chi connectivity index (χ1) is 8.15. The number of oxazole rings is 1. The third-order valence-corrected chi connectivity index (χ3v) is 3.13. The minimum atomic E-state index is -1.01. The van der Waals surface area contributed by atoms with E-state index in [2.05, 4.69) is 4.98 Å². The Morgan fingerprint density at radius 1 is 1.41 bits per heavy atom. The summed E-state index contributed by atoms with van der Waals surface area (Å²) in [4.78, 5) is 15.2. The third-order valence-electron chi connectivity index (χ3n) is 3.13. The molecule has 1 aromatic carbocycles. The van der Waals surface area contributed by atoms with E-state index >= 15 is 0 Å². The van der Waals surface area contributed by atoms with Crippen molar-refractivity contribution in [1.29, 1.82) is 0 Å². The lowest BCUT2D eigenvalue weighted by atomic mass is 9.82. The third kappa shape index (κ3) is 1.59. The molecule has 1 aromatic heterocycles. The van der Waals surface area contributed by atoms with E-state index in [-0.39, 0.29) is 17.6 Å². The van der Waals surface area contributed by atoms with Crippen LogP contribution in [-0.2, 0) is 0 Å². The van der Waals surface area contributed by atoms with E-state index < -0.39 is 5.97 Å². The molecular weight excluding hydrogens is 222 g/mol. The molecule has 1 heterocycles. The van der Waals surface area contributed by atoms with Crippen molar-refractivity contribution < 1.29 is 19.4 Å². The normalized spacial score (nSPS) is 23.6. The second kappa shape index (κ2) is 3.56. The van der Waals surface area contributed by atoms with Gasteiger partial charge in [0.05, 0.1) is 11.7 Å². The molecule has 1 aliphatic rings. The Morgan fingerprint density at radius 2 is 2.18 bits per heavy atom. The highest BCUT2D eigenvalue weighted by molar-refractivity contribution is 6.00. The monoisotopic (exact) mass is 233 g/mol. The number of benzene rings is 1. The molecule has 0 atom stereocenters.